The first-order chi connectivity index (χ1) is 17.1. The molecule has 9 nitrogen and oxygen atoms in total. The zero-order chi connectivity index (χ0) is 24.2. The SMILES string of the molecule is CCNC(=O)Nc1cn2nc(N3CCC(C(=O)Nc4cccc(-c5ccccc5)c4)C3)ccc2n1. The minimum absolute atomic E-state index is 0.00911. The van der Waals surface area contributed by atoms with Crippen LogP contribution >= 0.6 is 0 Å². The Morgan fingerprint density at radius 1 is 1.00 bits per heavy atom. The van der Waals surface area contributed by atoms with Gasteiger partial charge in [0, 0.05) is 25.3 Å². The number of nitrogens with one attached hydrogen (secondary N) is 3. The van der Waals surface area contributed by atoms with Crippen LogP contribution in [0.1, 0.15) is 13.3 Å². The monoisotopic (exact) mass is 469 g/mol. The second-order valence-electron chi connectivity index (χ2n) is 8.47. The van der Waals surface area contributed by atoms with Gasteiger partial charge in [-0.05, 0) is 48.7 Å². The molecular formula is C26H27N7O2. The zero-order valence-electron chi connectivity index (χ0n) is 19.4. The third kappa shape index (κ3) is 5.08. The summed E-state index contributed by atoms with van der Waals surface area (Å²) in [7, 11) is 0. The lowest BCUT2D eigenvalue weighted by Crippen LogP contribution is -2.28. The van der Waals surface area contributed by atoms with Gasteiger partial charge in [0.25, 0.3) is 0 Å². The average molecular weight is 470 g/mol. The Balaban J connectivity index is 1.23. The van der Waals surface area contributed by atoms with Gasteiger partial charge < -0.3 is 15.5 Å². The van der Waals surface area contributed by atoms with E-state index in [2.05, 4.69) is 43.1 Å². The number of hydrogen-bond donors (Lipinski definition) is 3. The second-order valence-corrected chi connectivity index (χ2v) is 8.47. The molecule has 9 heteroatoms. The number of hydrogen-bond acceptors (Lipinski definition) is 5. The molecule has 0 bridgehead atoms. The number of fused-ring (bicyclic) bond motifs is 1. The Hall–Kier alpha value is -4.40. The molecule has 5 rings (SSSR count). The van der Waals surface area contributed by atoms with Gasteiger partial charge in [0.1, 0.15) is 5.82 Å². The maximum Gasteiger partial charge on any atom is 0.320 e. The van der Waals surface area contributed by atoms with Crippen LogP contribution < -0.4 is 20.9 Å². The number of rotatable bonds is 6. The molecular weight excluding hydrogens is 442 g/mol. The molecule has 2 aromatic heterocycles. The maximum absolute atomic E-state index is 13.0. The van der Waals surface area contributed by atoms with Crippen molar-refractivity contribution in [2.24, 2.45) is 5.92 Å². The van der Waals surface area contributed by atoms with Gasteiger partial charge in [-0.1, -0.05) is 42.5 Å². The highest BCUT2D eigenvalue weighted by molar-refractivity contribution is 5.94. The Bertz CT molecular complexity index is 1350. The van der Waals surface area contributed by atoms with Crippen molar-refractivity contribution in [3.05, 3.63) is 72.9 Å². The first kappa shape index (κ1) is 22.4. The van der Waals surface area contributed by atoms with E-state index in [9.17, 15) is 9.59 Å². The van der Waals surface area contributed by atoms with Gasteiger partial charge >= 0.3 is 6.03 Å². The normalized spacial score (nSPS) is 15.2. The van der Waals surface area contributed by atoms with E-state index in [1.165, 1.54) is 0 Å². The minimum atomic E-state index is -0.307. The molecule has 1 aliphatic rings. The average Bonchev–Trinajstić information content (AvgIpc) is 3.51. The number of nitrogens with zero attached hydrogens (tertiary/aromatic N) is 4. The van der Waals surface area contributed by atoms with Gasteiger partial charge in [0.05, 0.1) is 12.1 Å². The first-order valence-electron chi connectivity index (χ1n) is 11.7. The Morgan fingerprint density at radius 2 is 1.83 bits per heavy atom. The van der Waals surface area contributed by atoms with Crippen molar-refractivity contribution >= 4 is 34.9 Å². The summed E-state index contributed by atoms with van der Waals surface area (Å²) in [5, 5.41) is 13.1. The molecule has 1 fully saturated rings. The fourth-order valence-electron chi connectivity index (χ4n) is 4.26. The van der Waals surface area contributed by atoms with Crippen LogP contribution in [0.15, 0.2) is 72.9 Å². The van der Waals surface area contributed by atoms with Crippen molar-refractivity contribution in [3.63, 3.8) is 0 Å². The van der Waals surface area contributed by atoms with E-state index < -0.39 is 0 Å². The summed E-state index contributed by atoms with van der Waals surface area (Å²) < 4.78 is 1.64. The van der Waals surface area contributed by atoms with E-state index in [4.69, 9.17) is 0 Å². The van der Waals surface area contributed by atoms with E-state index in [0.717, 1.165) is 35.6 Å². The van der Waals surface area contributed by atoms with Crippen molar-refractivity contribution in [2.75, 3.05) is 35.2 Å². The van der Waals surface area contributed by atoms with Crippen molar-refractivity contribution in [3.8, 4) is 11.1 Å². The highest BCUT2D eigenvalue weighted by Crippen LogP contribution is 2.26. The van der Waals surface area contributed by atoms with Crippen molar-refractivity contribution in [1.82, 2.24) is 19.9 Å². The summed E-state index contributed by atoms with van der Waals surface area (Å²) in [5.41, 5.74) is 3.60. The highest BCUT2D eigenvalue weighted by atomic mass is 16.2. The number of carbonyl (C=O) groups excluding carboxylic acids is 2. The van der Waals surface area contributed by atoms with E-state index in [1.807, 2.05) is 61.5 Å². The van der Waals surface area contributed by atoms with E-state index in [0.29, 0.717) is 24.6 Å². The van der Waals surface area contributed by atoms with Crippen LogP contribution in [0.4, 0.5) is 22.1 Å². The van der Waals surface area contributed by atoms with Gasteiger partial charge in [0.2, 0.25) is 5.91 Å². The number of imidazole rings is 1. The highest BCUT2D eigenvalue weighted by Gasteiger charge is 2.29. The third-order valence-electron chi connectivity index (χ3n) is 6.01. The zero-order valence-corrected chi connectivity index (χ0v) is 19.4. The lowest BCUT2D eigenvalue weighted by atomic mass is 10.0. The van der Waals surface area contributed by atoms with Crippen LogP contribution in [-0.2, 0) is 4.79 Å². The topological polar surface area (TPSA) is 104 Å². The van der Waals surface area contributed by atoms with Crippen LogP contribution in [0, 0.1) is 5.92 Å². The summed E-state index contributed by atoms with van der Waals surface area (Å²) in [5.74, 6) is 1.07. The molecule has 3 N–H and O–H groups in total. The fourth-order valence-corrected chi connectivity index (χ4v) is 4.26. The molecule has 0 radical (unpaired) electrons. The third-order valence-corrected chi connectivity index (χ3v) is 6.01. The van der Waals surface area contributed by atoms with E-state index >= 15 is 0 Å². The molecule has 3 heterocycles. The number of aromatic nitrogens is 3. The van der Waals surface area contributed by atoms with Crippen molar-refractivity contribution < 1.29 is 9.59 Å². The van der Waals surface area contributed by atoms with Crippen molar-refractivity contribution in [1.29, 1.82) is 0 Å². The van der Waals surface area contributed by atoms with Crippen LogP contribution in [0.2, 0.25) is 0 Å². The molecule has 2 aromatic carbocycles. The molecule has 35 heavy (non-hydrogen) atoms. The molecule has 0 saturated carbocycles. The molecule has 3 amide bonds. The summed E-state index contributed by atoms with van der Waals surface area (Å²) >= 11 is 0. The number of carbonyl (C=O) groups is 2. The lowest BCUT2D eigenvalue weighted by Gasteiger charge is -2.17. The Kier molecular flexibility index (Phi) is 6.30. The van der Waals surface area contributed by atoms with Gasteiger partial charge in [0.15, 0.2) is 11.5 Å². The predicted molar refractivity (Wildman–Crippen MR) is 137 cm³/mol. The predicted octanol–water partition coefficient (Wildman–Crippen LogP) is 4.00. The fraction of sp³-hybridized carbons (Fsp3) is 0.231. The van der Waals surface area contributed by atoms with E-state index in [1.54, 1.807) is 10.7 Å². The largest absolute Gasteiger partial charge is 0.354 e. The summed E-state index contributed by atoms with van der Waals surface area (Å²) in [6.45, 7) is 3.70. The molecule has 1 unspecified atom stereocenters. The maximum atomic E-state index is 13.0. The lowest BCUT2D eigenvalue weighted by molar-refractivity contribution is -0.119. The molecule has 1 atom stereocenters. The Labute approximate surface area is 203 Å². The van der Waals surface area contributed by atoms with Crippen molar-refractivity contribution in [2.45, 2.75) is 13.3 Å². The second kappa shape index (κ2) is 9.84. The summed E-state index contributed by atoms with van der Waals surface area (Å²) in [6, 6.07) is 21.5. The first-order valence-corrected chi connectivity index (χ1v) is 11.7. The summed E-state index contributed by atoms with van der Waals surface area (Å²) in [4.78, 5) is 31.2. The Morgan fingerprint density at radius 3 is 2.66 bits per heavy atom. The van der Waals surface area contributed by atoms with Crippen LogP contribution in [-0.4, -0.2) is 46.2 Å². The standard InChI is InChI=1S/C26H27N7O2/c1-2-27-26(35)30-22-17-33-23(29-22)11-12-24(31-33)32-14-13-20(16-32)25(34)28-21-10-6-9-19(15-21)18-7-4-3-5-8-18/h3-12,15,17,20H,2,13-14,16H2,1H3,(H,28,34)(H2,27,30,35). The quantitative estimate of drug-likeness (QED) is 0.396. The molecule has 0 aliphatic carbocycles. The molecule has 0 spiro atoms. The number of urea groups is 1. The minimum Gasteiger partial charge on any atom is -0.354 e. The molecule has 1 aliphatic heterocycles. The summed E-state index contributed by atoms with van der Waals surface area (Å²) in [6.07, 6.45) is 2.42. The van der Waals surface area contributed by atoms with Crippen LogP contribution in [0.25, 0.3) is 16.8 Å². The molecule has 178 valence electrons. The van der Waals surface area contributed by atoms with Gasteiger partial charge in [-0.3, -0.25) is 10.1 Å². The van der Waals surface area contributed by atoms with Gasteiger partial charge in [-0.15, -0.1) is 5.10 Å². The van der Waals surface area contributed by atoms with Crippen LogP contribution in [0.3, 0.4) is 0 Å². The number of amides is 3. The number of benzene rings is 2. The van der Waals surface area contributed by atoms with Gasteiger partial charge in [-0.25, -0.2) is 14.3 Å². The van der Waals surface area contributed by atoms with E-state index in [-0.39, 0.29) is 17.9 Å². The molecule has 4 aromatic rings. The molecule has 1 saturated heterocycles. The van der Waals surface area contributed by atoms with Crippen LogP contribution in [0.5, 0.6) is 0 Å². The number of anilines is 3. The smallest absolute Gasteiger partial charge is 0.320 e. The van der Waals surface area contributed by atoms with Gasteiger partial charge in [-0.2, -0.15) is 0 Å².